The van der Waals surface area contributed by atoms with Gasteiger partial charge in [0.1, 0.15) is 0 Å². The van der Waals surface area contributed by atoms with Gasteiger partial charge in [-0.15, -0.1) is 0 Å². The predicted molar refractivity (Wildman–Crippen MR) is 57.4 cm³/mol. The van der Waals surface area contributed by atoms with Crippen molar-refractivity contribution < 1.29 is 4.74 Å². The van der Waals surface area contributed by atoms with Crippen LogP contribution in [-0.4, -0.2) is 38.9 Å². The Labute approximate surface area is 86.6 Å². The first-order chi connectivity index (χ1) is 6.86. The number of hydrogen-bond donors (Lipinski definition) is 2. The van der Waals surface area contributed by atoms with E-state index in [1.54, 1.807) is 0 Å². The smallest absolute Gasteiger partial charge is 0.0507 e. The summed E-state index contributed by atoms with van der Waals surface area (Å²) in [5.41, 5.74) is 0. The van der Waals surface area contributed by atoms with Gasteiger partial charge in [0.25, 0.3) is 0 Å². The molecule has 3 heteroatoms. The van der Waals surface area contributed by atoms with Gasteiger partial charge in [0.2, 0.25) is 0 Å². The molecule has 82 valence electrons. The van der Waals surface area contributed by atoms with E-state index in [9.17, 15) is 0 Å². The third kappa shape index (κ3) is 2.69. The average Bonchev–Trinajstić information content (AvgIpc) is 2.78. The SMILES string of the molecule is CC1CCNC1CNCC1CCOC1. The van der Waals surface area contributed by atoms with Crippen molar-refractivity contribution in [3.05, 3.63) is 0 Å². The van der Waals surface area contributed by atoms with Crippen LogP contribution in [-0.2, 0) is 4.74 Å². The van der Waals surface area contributed by atoms with Crippen LogP contribution in [0.4, 0.5) is 0 Å². The van der Waals surface area contributed by atoms with Crippen LogP contribution in [0.2, 0.25) is 0 Å². The molecule has 0 amide bonds. The molecule has 2 aliphatic heterocycles. The van der Waals surface area contributed by atoms with Crippen LogP contribution in [0.3, 0.4) is 0 Å². The van der Waals surface area contributed by atoms with E-state index in [-0.39, 0.29) is 0 Å². The lowest BCUT2D eigenvalue weighted by atomic mass is 10.0. The first kappa shape index (κ1) is 10.4. The standard InChI is InChI=1S/C11H22N2O/c1-9-2-4-13-11(9)7-12-6-10-3-5-14-8-10/h9-13H,2-8H2,1H3. The van der Waals surface area contributed by atoms with Crippen LogP contribution >= 0.6 is 0 Å². The second kappa shape index (κ2) is 5.10. The molecule has 2 fully saturated rings. The average molecular weight is 198 g/mol. The quantitative estimate of drug-likeness (QED) is 0.694. The van der Waals surface area contributed by atoms with Gasteiger partial charge >= 0.3 is 0 Å². The summed E-state index contributed by atoms with van der Waals surface area (Å²) in [6, 6.07) is 0.692. The summed E-state index contributed by atoms with van der Waals surface area (Å²) in [7, 11) is 0. The highest BCUT2D eigenvalue weighted by Crippen LogP contribution is 2.14. The lowest BCUT2D eigenvalue weighted by Gasteiger charge is -2.17. The van der Waals surface area contributed by atoms with Gasteiger partial charge in [-0.2, -0.15) is 0 Å². The summed E-state index contributed by atoms with van der Waals surface area (Å²) in [5.74, 6) is 1.59. The molecule has 2 saturated heterocycles. The Morgan fingerprint density at radius 3 is 2.93 bits per heavy atom. The molecule has 14 heavy (non-hydrogen) atoms. The van der Waals surface area contributed by atoms with Gasteiger partial charge < -0.3 is 15.4 Å². The van der Waals surface area contributed by atoms with Crippen molar-refractivity contribution in [3.8, 4) is 0 Å². The molecular formula is C11H22N2O. The molecule has 0 saturated carbocycles. The molecule has 2 N–H and O–H groups in total. The van der Waals surface area contributed by atoms with Crippen molar-refractivity contribution in [2.75, 3.05) is 32.8 Å². The van der Waals surface area contributed by atoms with E-state index in [0.717, 1.165) is 38.1 Å². The van der Waals surface area contributed by atoms with E-state index in [0.29, 0.717) is 6.04 Å². The largest absolute Gasteiger partial charge is 0.381 e. The zero-order chi connectivity index (χ0) is 9.80. The summed E-state index contributed by atoms with van der Waals surface area (Å²) in [6.45, 7) is 7.71. The molecule has 0 aromatic heterocycles. The zero-order valence-corrected chi connectivity index (χ0v) is 9.09. The van der Waals surface area contributed by atoms with Gasteiger partial charge in [-0.1, -0.05) is 6.92 Å². The fourth-order valence-corrected chi connectivity index (χ4v) is 2.36. The first-order valence-corrected chi connectivity index (χ1v) is 5.88. The monoisotopic (exact) mass is 198 g/mol. The summed E-state index contributed by atoms with van der Waals surface area (Å²) >= 11 is 0. The highest BCUT2D eigenvalue weighted by molar-refractivity contribution is 4.82. The Morgan fingerprint density at radius 2 is 2.29 bits per heavy atom. The summed E-state index contributed by atoms with van der Waals surface area (Å²) < 4.78 is 5.35. The summed E-state index contributed by atoms with van der Waals surface area (Å²) in [5, 5.41) is 7.10. The molecular weight excluding hydrogens is 176 g/mol. The lowest BCUT2D eigenvalue weighted by molar-refractivity contribution is 0.185. The van der Waals surface area contributed by atoms with Crippen LogP contribution in [0.1, 0.15) is 19.8 Å². The summed E-state index contributed by atoms with van der Waals surface area (Å²) in [4.78, 5) is 0. The van der Waals surface area contributed by atoms with Gasteiger partial charge in [0.05, 0.1) is 6.61 Å². The molecule has 0 bridgehead atoms. The summed E-state index contributed by atoms with van der Waals surface area (Å²) in [6.07, 6.45) is 2.57. The van der Waals surface area contributed by atoms with Gasteiger partial charge in [0, 0.05) is 25.7 Å². The number of rotatable bonds is 4. The van der Waals surface area contributed by atoms with E-state index < -0.39 is 0 Å². The maximum atomic E-state index is 5.35. The molecule has 3 unspecified atom stereocenters. The topological polar surface area (TPSA) is 33.3 Å². The highest BCUT2D eigenvalue weighted by Gasteiger charge is 2.22. The van der Waals surface area contributed by atoms with Crippen molar-refractivity contribution in [3.63, 3.8) is 0 Å². The molecule has 2 aliphatic rings. The van der Waals surface area contributed by atoms with Crippen molar-refractivity contribution in [2.24, 2.45) is 11.8 Å². The number of hydrogen-bond acceptors (Lipinski definition) is 3. The second-order valence-corrected chi connectivity index (χ2v) is 4.71. The normalized spacial score (nSPS) is 37.9. The molecule has 3 atom stereocenters. The van der Waals surface area contributed by atoms with E-state index in [2.05, 4.69) is 17.6 Å². The Morgan fingerprint density at radius 1 is 1.36 bits per heavy atom. The van der Waals surface area contributed by atoms with Gasteiger partial charge in [-0.3, -0.25) is 0 Å². The highest BCUT2D eigenvalue weighted by atomic mass is 16.5. The molecule has 0 spiro atoms. The zero-order valence-electron chi connectivity index (χ0n) is 9.09. The third-order valence-corrected chi connectivity index (χ3v) is 3.51. The molecule has 3 nitrogen and oxygen atoms in total. The lowest BCUT2D eigenvalue weighted by Crippen LogP contribution is -2.39. The first-order valence-electron chi connectivity index (χ1n) is 5.88. The van der Waals surface area contributed by atoms with Gasteiger partial charge in [0.15, 0.2) is 0 Å². The van der Waals surface area contributed by atoms with Crippen LogP contribution in [0.25, 0.3) is 0 Å². The van der Waals surface area contributed by atoms with Crippen LogP contribution in [0.5, 0.6) is 0 Å². The van der Waals surface area contributed by atoms with Crippen molar-refractivity contribution >= 4 is 0 Å². The molecule has 0 radical (unpaired) electrons. The Kier molecular flexibility index (Phi) is 3.79. The molecule has 2 heterocycles. The molecule has 0 aromatic carbocycles. The molecule has 0 aliphatic carbocycles. The fourth-order valence-electron chi connectivity index (χ4n) is 2.36. The molecule has 0 aromatic rings. The Hall–Kier alpha value is -0.120. The number of ether oxygens (including phenoxy) is 1. The van der Waals surface area contributed by atoms with Crippen LogP contribution in [0, 0.1) is 11.8 Å². The Balaban J connectivity index is 1.57. The van der Waals surface area contributed by atoms with E-state index >= 15 is 0 Å². The minimum atomic E-state index is 0.692. The van der Waals surface area contributed by atoms with Crippen molar-refractivity contribution in [1.82, 2.24) is 10.6 Å². The second-order valence-electron chi connectivity index (χ2n) is 4.71. The van der Waals surface area contributed by atoms with E-state index in [1.165, 1.54) is 19.4 Å². The van der Waals surface area contributed by atoms with E-state index in [1.807, 2.05) is 0 Å². The van der Waals surface area contributed by atoms with Crippen molar-refractivity contribution in [2.45, 2.75) is 25.8 Å². The minimum absolute atomic E-state index is 0.692. The maximum absolute atomic E-state index is 5.35. The minimum Gasteiger partial charge on any atom is -0.381 e. The van der Waals surface area contributed by atoms with Crippen molar-refractivity contribution in [1.29, 1.82) is 0 Å². The van der Waals surface area contributed by atoms with Crippen LogP contribution < -0.4 is 10.6 Å². The maximum Gasteiger partial charge on any atom is 0.0507 e. The van der Waals surface area contributed by atoms with Crippen LogP contribution in [0.15, 0.2) is 0 Å². The van der Waals surface area contributed by atoms with E-state index in [4.69, 9.17) is 4.74 Å². The van der Waals surface area contributed by atoms with Gasteiger partial charge in [-0.05, 0) is 31.2 Å². The van der Waals surface area contributed by atoms with Gasteiger partial charge in [-0.25, -0.2) is 0 Å². The molecule has 2 rings (SSSR count). The third-order valence-electron chi connectivity index (χ3n) is 3.51. The number of nitrogens with one attached hydrogen (secondary N) is 2. The predicted octanol–water partition coefficient (Wildman–Crippen LogP) is 0.610. The Bertz CT molecular complexity index is 169. The fraction of sp³-hybridized carbons (Fsp3) is 1.00.